The van der Waals surface area contributed by atoms with E-state index in [9.17, 15) is 9.59 Å². The van der Waals surface area contributed by atoms with Crippen LogP contribution in [0.5, 0.6) is 11.5 Å². The van der Waals surface area contributed by atoms with Gasteiger partial charge in [0.2, 0.25) is 0 Å². The van der Waals surface area contributed by atoms with Crippen LogP contribution in [0.15, 0.2) is 18.2 Å². The zero-order valence-corrected chi connectivity index (χ0v) is 14.1. The molecule has 2 rings (SSSR count). The Balaban J connectivity index is 2.18. The molecule has 2 unspecified atom stereocenters. The van der Waals surface area contributed by atoms with Crippen LogP contribution in [0.2, 0.25) is 0 Å². The highest BCUT2D eigenvalue weighted by Crippen LogP contribution is 2.38. The van der Waals surface area contributed by atoms with Crippen molar-refractivity contribution in [3.8, 4) is 11.5 Å². The molecule has 24 heavy (non-hydrogen) atoms. The molecule has 1 heterocycles. The van der Waals surface area contributed by atoms with E-state index in [1.165, 1.54) is 0 Å². The highest BCUT2D eigenvalue weighted by molar-refractivity contribution is 6.00. The molecule has 1 aromatic carbocycles. The SMILES string of the molecule is CCC(Oc1ccc2c(c1)OC(C)(CCCCO)CC2=O)C(=O)O. The lowest BCUT2D eigenvalue weighted by Gasteiger charge is -2.35. The number of carboxylic acid groups (broad SMARTS) is 1. The number of aliphatic hydroxyl groups is 1. The van der Waals surface area contributed by atoms with E-state index in [1.807, 2.05) is 6.92 Å². The number of hydrogen-bond acceptors (Lipinski definition) is 5. The number of ketones is 1. The van der Waals surface area contributed by atoms with Crippen molar-refractivity contribution in [2.75, 3.05) is 6.61 Å². The number of carbonyl (C=O) groups excluding carboxylic acids is 1. The maximum absolute atomic E-state index is 12.4. The number of benzene rings is 1. The van der Waals surface area contributed by atoms with Gasteiger partial charge in [0, 0.05) is 12.7 Å². The molecule has 2 atom stereocenters. The molecule has 6 heteroatoms. The van der Waals surface area contributed by atoms with Gasteiger partial charge in [-0.25, -0.2) is 4.79 Å². The molecule has 0 aromatic heterocycles. The van der Waals surface area contributed by atoms with Crippen LogP contribution in [0.4, 0.5) is 0 Å². The molecule has 1 aliphatic heterocycles. The van der Waals surface area contributed by atoms with Crippen LogP contribution >= 0.6 is 0 Å². The fourth-order valence-electron chi connectivity index (χ4n) is 2.85. The van der Waals surface area contributed by atoms with E-state index in [1.54, 1.807) is 25.1 Å². The predicted molar refractivity (Wildman–Crippen MR) is 87.7 cm³/mol. The van der Waals surface area contributed by atoms with Crippen molar-refractivity contribution >= 4 is 11.8 Å². The van der Waals surface area contributed by atoms with Gasteiger partial charge in [0.1, 0.15) is 17.1 Å². The fourth-order valence-corrected chi connectivity index (χ4v) is 2.85. The number of aliphatic hydroxyl groups excluding tert-OH is 1. The predicted octanol–water partition coefficient (Wildman–Crippen LogP) is 2.82. The van der Waals surface area contributed by atoms with Gasteiger partial charge < -0.3 is 19.7 Å². The summed E-state index contributed by atoms with van der Waals surface area (Å²) in [4.78, 5) is 23.5. The third kappa shape index (κ3) is 4.26. The molecule has 1 aliphatic rings. The normalized spacial score (nSPS) is 20.9. The molecule has 0 spiro atoms. The Bertz CT molecular complexity index is 612. The Morgan fingerprint density at radius 1 is 1.42 bits per heavy atom. The van der Waals surface area contributed by atoms with Crippen molar-refractivity contribution in [3.63, 3.8) is 0 Å². The summed E-state index contributed by atoms with van der Waals surface area (Å²) in [6, 6.07) is 4.80. The van der Waals surface area contributed by atoms with E-state index in [0.29, 0.717) is 42.7 Å². The van der Waals surface area contributed by atoms with Gasteiger partial charge in [-0.15, -0.1) is 0 Å². The quantitative estimate of drug-likeness (QED) is 0.709. The summed E-state index contributed by atoms with van der Waals surface area (Å²) in [5, 5.41) is 18.0. The Kier molecular flexibility index (Phi) is 5.83. The highest BCUT2D eigenvalue weighted by Gasteiger charge is 2.36. The summed E-state index contributed by atoms with van der Waals surface area (Å²) in [7, 11) is 0. The molecule has 1 aromatic rings. The molecule has 0 saturated carbocycles. The molecule has 0 radical (unpaired) electrons. The first-order valence-corrected chi connectivity index (χ1v) is 8.25. The summed E-state index contributed by atoms with van der Waals surface area (Å²) in [5.41, 5.74) is -0.125. The van der Waals surface area contributed by atoms with Gasteiger partial charge in [-0.3, -0.25) is 4.79 Å². The smallest absolute Gasteiger partial charge is 0.344 e. The van der Waals surface area contributed by atoms with Crippen molar-refractivity contribution in [1.82, 2.24) is 0 Å². The summed E-state index contributed by atoms with van der Waals surface area (Å²) < 4.78 is 11.5. The molecule has 132 valence electrons. The van der Waals surface area contributed by atoms with Crippen LogP contribution < -0.4 is 9.47 Å². The van der Waals surface area contributed by atoms with Crippen LogP contribution in [0.1, 0.15) is 56.3 Å². The van der Waals surface area contributed by atoms with Gasteiger partial charge in [0.15, 0.2) is 11.9 Å². The Morgan fingerprint density at radius 2 is 2.17 bits per heavy atom. The topological polar surface area (TPSA) is 93.1 Å². The van der Waals surface area contributed by atoms with Crippen molar-refractivity contribution in [2.24, 2.45) is 0 Å². The van der Waals surface area contributed by atoms with Crippen molar-refractivity contribution < 1.29 is 29.3 Å². The van der Waals surface area contributed by atoms with E-state index >= 15 is 0 Å². The van der Waals surface area contributed by atoms with E-state index in [-0.39, 0.29) is 12.4 Å². The van der Waals surface area contributed by atoms with Gasteiger partial charge in [0.05, 0.1) is 12.0 Å². The number of ether oxygens (including phenoxy) is 2. The monoisotopic (exact) mass is 336 g/mol. The molecular formula is C18H24O6. The minimum absolute atomic E-state index is 0.000394. The molecule has 2 N–H and O–H groups in total. The van der Waals surface area contributed by atoms with E-state index in [4.69, 9.17) is 19.7 Å². The lowest BCUT2D eigenvalue weighted by atomic mass is 9.87. The Morgan fingerprint density at radius 3 is 2.79 bits per heavy atom. The molecule has 0 bridgehead atoms. The average Bonchev–Trinajstić information content (AvgIpc) is 2.52. The summed E-state index contributed by atoms with van der Waals surface area (Å²) in [6.45, 7) is 3.73. The second-order valence-corrected chi connectivity index (χ2v) is 6.34. The molecular weight excluding hydrogens is 312 g/mol. The maximum atomic E-state index is 12.4. The van der Waals surface area contributed by atoms with Gasteiger partial charge in [-0.1, -0.05) is 6.92 Å². The van der Waals surface area contributed by atoms with E-state index < -0.39 is 17.7 Å². The third-order valence-electron chi connectivity index (χ3n) is 4.18. The van der Waals surface area contributed by atoms with Gasteiger partial charge in [-0.05, 0) is 44.7 Å². The molecule has 0 amide bonds. The highest BCUT2D eigenvalue weighted by atomic mass is 16.5. The van der Waals surface area contributed by atoms with Gasteiger partial charge in [-0.2, -0.15) is 0 Å². The van der Waals surface area contributed by atoms with E-state index in [2.05, 4.69) is 0 Å². The molecule has 0 aliphatic carbocycles. The van der Waals surface area contributed by atoms with Gasteiger partial charge in [0.25, 0.3) is 0 Å². The van der Waals surface area contributed by atoms with Crippen LogP contribution in [0.3, 0.4) is 0 Å². The van der Waals surface area contributed by atoms with Crippen LogP contribution in [0, 0.1) is 0 Å². The van der Waals surface area contributed by atoms with Crippen molar-refractivity contribution in [2.45, 2.75) is 57.7 Å². The number of carbonyl (C=O) groups is 2. The lowest BCUT2D eigenvalue weighted by molar-refractivity contribution is -0.145. The number of unbranched alkanes of at least 4 members (excludes halogenated alkanes) is 1. The lowest BCUT2D eigenvalue weighted by Crippen LogP contribution is -2.39. The molecule has 6 nitrogen and oxygen atoms in total. The number of Topliss-reactive ketones (excluding diaryl/α,β-unsaturated/α-hetero) is 1. The largest absolute Gasteiger partial charge is 0.486 e. The number of rotatable bonds is 8. The van der Waals surface area contributed by atoms with Crippen LogP contribution in [-0.2, 0) is 4.79 Å². The Hall–Kier alpha value is -2.08. The molecule has 0 fully saturated rings. The van der Waals surface area contributed by atoms with Crippen molar-refractivity contribution in [1.29, 1.82) is 0 Å². The first-order chi connectivity index (χ1) is 11.4. The van der Waals surface area contributed by atoms with E-state index in [0.717, 1.165) is 6.42 Å². The first kappa shape index (κ1) is 18.3. The second-order valence-electron chi connectivity index (χ2n) is 6.34. The van der Waals surface area contributed by atoms with Crippen LogP contribution in [0.25, 0.3) is 0 Å². The number of fused-ring (bicyclic) bond motifs is 1. The van der Waals surface area contributed by atoms with Crippen LogP contribution in [-0.4, -0.2) is 40.3 Å². The van der Waals surface area contributed by atoms with Crippen molar-refractivity contribution in [3.05, 3.63) is 23.8 Å². The number of hydrogen-bond donors (Lipinski definition) is 2. The minimum Gasteiger partial charge on any atom is -0.486 e. The van der Waals surface area contributed by atoms with Gasteiger partial charge >= 0.3 is 5.97 Å². The molecule has 0 saturated heterocycles. The number of aliphatic carboxylic acids is 1. The summed E-state index contributed by atoms with van der Waals surface area (Å²) >= 11 is 0. The Labute approximate surface area is 141 Å². The maximum Gasteiger partial charge on any atom is 0.344 e. The zero-order valence-electron chi connectivity index (χ0n) is 14.1. The standard InChI is InChI=1S/C18H24O6/c1-3-15(17(21)22)23-12-6-7-13-14(20)11-18(2,8-4-5-9-19)24-16(13)10-12/h6-7,10,15,19H,3-5,8-9,11H2,1-2H3,(H,21,22). The second kappa shape index (κ2) is 7.66. The number of carboxylic acids is 1. The average molecular weight is 336 g/mol. The fraction of sp³-hybridized carbons (Fsp3) is 0.556. The minimum atomic E-state index is -1.03. The summed E-state index contributed by atoms with van der Waals surface area (Å²) in [5.74, 6) is -0.230. The third-order valence-corrected chi connectivity index (χ3v) is 4.18. The summed E-state index contributed by atoms with van der Waals surface area (Å²) in [6.07, 6.45) is 1.79. The zero-order chi connectivity index (χ0) is 17.7. The first-order valence-electron chi connectivity index (χ1n) is 8.25.